The third kappa shape index (κ3) is 3.26. The Bertz CT molecular complexity index is 541. The van der Waals surface area contributed by atoms with E-state index in [9.17, 15) is 26.7 Å². The van der Waals surface area contributed by atoms with E-state index in [0.717, 1.165) is 0 Å². The lowest BCUT2D eigenvalue weighted by molar-refractivity contribution is 0.0385. The van der Waals surface area contributed by atoms with Crippen LogP contribution in [0.15, 0.2) is 0 Å². The maximum absolute atomic E-state index is 13.4. The van der Waals surface area contributed by atoms with E-state index in [1.165, 1.54) is 21.3 Å². The molecule has 1 rings (SSSR count). The summed E-state index contributed by atoms with van der Waals surface area (Å²) >= 11 is 0. The van der Waals surface area contributed by atoms with Gasteiger partial charge < -0.3 is 18.0 Å². The molecule has 0 spiro atoms. The molecule has 124 valence electrons. The second-order valence-corrected chi connectivity index (χ2v) is 6.70. The van der Waals surface area contributed by atoms with E-state index in [4.69, 9.17) is 13.3 Å². The van der Waals surface area contributed by atoms with Gasteiger partial charge in [-0.1, -0.05) is 0 Å². The van der Waals surface area contributed by atoms with Gasteiger partial charge in [0.2, 0.25) is 5.82 Å². The van der Waals surface area contributed by atoms with Gasteiger partial charge in [-0.3, -0.25) is 0 Å². The molecule has 0 atom stereocenters. The Kier molecular flexibility index (Phi) is 5.99. The molecule has 1 aromatic rings. The number of carbonyl (C=O) groups is 1. The highest BCUT2D eigenvalue weighted by Crippen LogP contribution is 2.24. The average molecular weight is 346 g/mol. The molecule has 22 heavy (non-hydrogen) atoms. The van der Waals surface area contributed by atoms with E-state index in [-0.39, 0.29) is 0 Å². The summed E-state index contributed by atoms with van der Waals surface area (Å²) in [5, 5.41) is 0. The van der Waals surface area contributed by atoms with E-state index in [2.05, 4.69) is 4.74 Å². The topological polar surface area (TPSA) is 54.0 Å². The highest BCUT2D eigenvalue weighted by molar-refractivity contribution is 6.60. The van der Waals surface area contributed by atoms with Gasteiger partial charge in [0.1, 0.15) is 5.56 Å². The molecule has 0 saturated heterocycles. The van der Waals surface area contributed by atoms with Gasteiger partial charge in [-0.15, -0.1) is 0 Å². The highest BCUT2D eigenvalue weighted by atomic mass is 28.4. The Hall–Kier alpha value is -1.56. The Morgan fingerprint density at radius 1 is 0.818 bits per heavy atom. The standard InChI is InChI=1S/C11H11F5O5Si/c1-18-22(19-2,20-3)4-21-11(17)5-6(12)8(14)10(16)9(15)7(5)13/h4H2,1-3H3. The first-order chi connectivity index (χ1) is 10.2. The van der Waals surface area contributed by atoms with Crippen LogP contribution in [0.3, 0.4) is 0 Å². The summed E-state index contributed by atoms with van der Waals surface area (Å²) in [6, 6.07) is 0. The molecule has 0 unspecified atom stereocenters. The van der Waals surface area contributed by atoms with Crippen molar-refractivity contribution < 1.29 is 44.8 Å². The monoisotopic (exact) mass is 346 g/mol. The van der Waals surface area contributed by atoms with Gasteiger partial charge in [0.15, 0.2) is 29.5 Å². The lowest BCUT2D eigenvalue weighted by Crippen LogP contribution is -2.48. The normalized spacial score (nSPS) is 11.6. The Morgan fingerprint density at radius 3 is 1.55 bits per heavy atom. The zero-order valence-corrected chi connectivity index (χ0v) is 12.6. The highest BCUT2D eigenvalue weighted by Gasteiger charge is 2.41. The molecule has 0 saturated carbocycles. The lowest BCUT2D eigenvalue weighted by atomic mass is 10.1. The fourth-order valence-corrected chi connectivity index (χ4v) is 2.60. The molecule has 0 heterocycles. The van der Waals surface area contributed by atoms with Crippen LogP contribution in [0.4, 0.5) is 22.0 Å². The van der Waals surface area contributed by atoms with Crippen molar-refractivity contribution in [2.75, 3.05) is 27.6 Å². The van der Waals surface area contributed by atoms with Crippen molar-refractivity contribution >= 4 is 14.8 Å². The number of ether oxygens (including phenoxy) is 1. The first-order valence-electron chi connectivity index (χ1n) is 5.58. The number of halogens is 5. The first-order valence-corrected chi connectivity index (χ1v) is 7.51. The van der Waals surface area contributed by atoms with Crippen LogP contribution in [-0.4, -0.2) is 42.3 Å². The molecule has 0 aliphatic rings. The Labute approximate surface area is 122 Å². The molecule has 5 nitrogen and oxygen atoms in total. The number of esters is 1. The van der Waals surface area contributed by atoms with Crippen molar-refractivity contribution in [3.05, 3.63) is 34.6 Å². The van der Waals surface area contributed by atoms with Crippen molar-refractivity contribution in [3.8, 4) is 0 Å². The molecule has 1 aromatic carbocycles. The third-order valence-electron chi connectivity index (χ3n) is 2.73. The van der Waals surface area contributed by atoms with Gasteiger partial charge in [0, 0.05) is 21.3 Å². The van der Waals surface area contributed by atoms with Crippen LogP contribution in [0.5, 0.6) is 0 Å². The molecule has 0 aliphatic carbocycles. The summed E-state index contributed by atoms with van der Waals surface area (Å²) in [5.41, 5.74) is -1.71. The number of benzene rings is 1. The van der Waals surface area contributed by atoms with E-state index in [1.807, 2.05) is 0 Å². The Balaban J connectivity index is 3.10. The summed E-state index contributed by atoms with van der Waals surface area (Å²) in [6.45, 7) is 0. The zero-order chi connectivity index (χ0) is 17.1. The SMILES string of the molecule is CO[Si](COC(=O)c1c(F)c(F)c(F)c(F)c1F)(OC)OC. The molecule has 11 heteroatoms. The second kappa shape index (κ2) is 7.13. The van der Waals surface area contributed by atoms with Gasteiger partial charge >= 0.3 is 14.8 Å². The van der Waals surface area contributed by atoms with Crippen molar-refractivity contribution in [2.45, 2.75) is 0 Å². The smallest absolute Gasteiger partial charge is 0.457 e. The van der Waals surface area contributed by atoms with Crippen LogP contribution in [0.25, 0.3) is 0 Å². The van der Waals surface area contributed by atoms with E-state index >= 15 is 0 Å². The zero-order valence-electron chi connectivity index (χ0n) is 11.6. The van der Waals surface area contributed by atoms with Gasteiger partial charge in [-0.25, -0.2) is 26.7 Å². The second-order valence-electron chi connectivity index (χ2n) is 3.82. The third-order valence-corrected chi connectivity index (χ3v) is 5.09. The minimum absolute atomic E-state index is 0.686. The average Bonchev–Trinajstić information content (AvgIpc) is 2.53. The summed E-state index contributed by atoms with van der Waals surface area (Å²) in [4.78, 5) is 11.6. The van der Waals surface area contributed by atoms with Gasteiger partial charge in [-0.2, -0.15) is 0 Å². The number of hydrogen-bond acceptors (Lipinski definition) is 5. The van der Waals surface area contributed by atoms with Crippen LogP contribution >= 0.6 is 0 Å². The molecule has 0 aliphatic heterocycles. The molecule has 0 radical (unpaired) electrons. The molecule has 0 amide bonds. The molecule has 0 N–H and O–H groups in total. The number of carbonyl (C=O) groups excluding carboxylic acids is 1. The molecule has 0 fully saturated rings. The lowest BCUT2D eigenvalue weighted by Gasteiger charge is -2.23. The van der Waals surface area contributed by atoms with Crippen LogP contribution in [0.1, 0.15) is 10.4 Å². The molecule has 0 bridgehead atoms. The van der Waals surface area contributed by atoms with Crippen molar-refractivity contribution in [1.82, 2.24) is 0 Å². The van der Waals surface area contributed by atoms with Crippen molar-refractivity contribution in [3.63, 3.8) is 0 Å². The minimum Gasteiger partial charge on any atom is -0.457 e. The summed E-state index contributed by atoms with van der Waals surface area (Å²) in [5.74, 6) is -13.2. The predicted octanol–water partition coefficient (Wildman–Crippen LogP) is 1.96. The number of hydrogen-bond donors (Lipinski definition) is 0. The van der Waals surface area contributed by atoms with Crippen LogP contribution < -0.4 is 0 Å². The maximum atomic E-state index is 13.4. The Morgan fingerprint density at radius 2 is 1.18 bits per heavy atom. The summed E-state index contributed by atoms with van der Waals surface area (Å²) in [6.07, 6.45) is -0.686. The molecular weight excluding hydrogens is 335 g/mol. The van der Waals surface area contributed by atoms with Crippen LogP contribution in [0, 0.1) is 29.1 Å². The van der Waals surface area contributed by atoms with Gasteiger partial charge in [0.05, 0.1) is 0 Å². The van der Waals surface area contributed by atoms with Gasteiger partial charge in [0.25, 0.3) is 0 Å². The molecular formula is C11H11F5O5Si. The number of rotatable bonds is 6. The molecule has 0 aromatic heterocycles. The van der Waals surface area contributed by atoms with Crippen LogP contribution in [-0.2, 0) is 18.0 Å². The predicted molar refractivity (Wildman–Crippen MR) is 63.3 cm³/mol. The fourth-order valence-electron chi connectivity index (χ4n) is 1.44. The van der Waals surface area contributed by atoms with Crippen molar-refractivity contribution in [2.24, 2.45) is 0 Å². The van der Waals surface area contributed by atoms with E-state index < -0.39 is 55.7 Å². The van der Waals surface area contributed by atoms with E-state index in [0.29, 0.717) is 0 Å². The largest absolute Gasteiger partial charge is 0.539 e. The fraction of sp³-hybridized carbons (Fsp3) is 0.364. The quantitative estimate of drug-likeness (QED) is 0.259. The maximum Gasteiger partial charge on any atom is 0.539 e. The van der Waals surface area contributed by atoms with Crippen LogP contribution in [0.2, 0.25) is 0 Å². The van der Waals surface area contributed by atoms with Crippen molar-refractivity contribution in [1.29, 1.82) is 0 Å². The minimum atomic E-state index is -3.44. The first kappa shape index (κ1) is 18.5. The summed E-state index contributed by atoms with van der Waals surface area (Å²) in [7, 11) is 0.0808. The van der Waals surface area contributed by atoms with E-state index in [1.54, 1.807) is 0 Å². The summed E-state index contributed by atoms with van der Waals surface area (Å²) < 4.78 is 84.8. The van der Waals surface area contributed by atoms with Gasteiger partial charge in [-0.05, 0) is 0 Å².